The van der Waals surface area contributed by atoms with Crippen molar-refractivity contribution in [2.24, 2.45) is 0 Å². The Morgan fingerprint density at radius 1 is 1.04 bits per heavy atom. The molecule has 0 saturated carbocycles. The quantitative estimate of drug-likeness (QED) is 0.775. The highest BCUT2D eigenvalue weighted by Gasteiger charge is 2.18. The average Bonchev–Trinajstić information content (AvgIpc) is 2.97. The molecule has 1 N–H and O–H groups in total. The summed E-state index contributed by atoms with van der Waals surface area (Å²) in [4.78, 5) is 17.8. The fraction of sp³-hybridized carbons (Fsp3) is 0.158. The molecule has 0 atom stereocenters. The Balaban J connectivity index is 1.82. The Bertz CT molecular complexity index is 824. The van der Waals surface area contributed by atoms with Crippen molar-refractivity contribution < 1.29 is 4.79 Å². The first-order chi connectivity index (χ1) is 11.1. The van der Waals surface area contributed by atoms with Gasteiger partial charge >= 0.3 is 0 Å². The van der Waals surface area contributed by atoms with Crippen LogP contribution in [0.1, 0.15) is 25.8 Å². The molecule has 3 aromatic rings. The Kier molecular flexibility index (Phi) is 4.53. The molecule has 1 heterocycles. The monoisotopic (exact) mass is 322 g/mol. The molecule has 23 heavy (non-hydrogen) atoms. The van der Waals surface area contributed by atoms with Gasteiger partial charge in [-0.25, -0.2) is 4.98 Å². The lowest BCUT2D eigenvalue weighted by Crippen LogP contribution is -2.22. The average molecular weight is 322 g/mol. The van der Waals surface area contributed by atoms with Gasteiger partial charge < -0.3 is 5.32 Å². The van der Waals surface area contributed by atoms with Crippen LogP contribution in [0.3, 0.4) is 0 Å². The fourth-order valence-electron chi connectivity index (χ4n) is 2.44. The van der Waals surface area contributed by atoms with Gasteiger partial charge in [0.1, 0.15) is 4.88 Å². The minimum atomic E-state index is -0.0716. The smallest absolute Gasteiger partial charge is 0.263 e. The molecule has 0 radical (unpaired) electrons. The van der Waals surface area contributed by atoms with Crippen LogP contribution >= 0.6 is 11.3 Å². The molecule has 0 unspecified atom stereocenters. The molecule has 2 aromatic carbocycles. The lowest BCUT2D eigenvalue weighted by atomic mass is 10.1. The molecule has 3 rings (SSSR count). The summed E-state index contributed by atoms with van der Waals surface area (Å²) in [5.74, 6) is -0.0716. The molecule has 0 fully saturated rings. The van der Waals surface area contributed by atoms with Crippen LogP contribution in [-0.2, 0) is 6.54 Å². The molecule has 0 saturated heterocycles. The summed E-state index contributed by atoms with van der Waals surface area (Å²) in [6, 6.07) is 17.9. The van der Waals surface area contributed by atoms with Crippen molar-refractivity contribution in [2.75, 3.05) is 0 Å². The highest BCUT2D eigenvalue weighted by atomic mass is 32.1. The standard InChI is InChI=1S/C19H18N2OS/c1-13-8-6-7-11-16(13)12-20-19(22)18-17(21-14(2)23-18)15-9-4-3-5-10-15/h3-11H,12H2,1-2H3,(H,20,22). The SMILES string of the molecule is Cc1nc(-c2ccccc2)c(C(=O)NCc2ccccc2C)s1. The maximum Gasteiger partial charge on any atom is 0.263 e. The maximum absolute atomic E-state index is 12.6. The Morgan fingerprint density at radius 2 is 1.74 bits per heavy atom. The van der Waals surface area contributed by atoms with Gasteiger partial charge in [-0.05, 0) is 25.0 Å². The van der Waals surface area contributed by atoms with Gasteiger partial charge in [0.2, 0.25) is 0 Å². The number of thiazole rings is 1. The third-order valence-corrected chi connectivity index (χ3v) is 4.66. The molecule has 1 aromatic heterocycles. The molecule has 1 amide bonds. The lowest BCUT2D eigenvalue weighted by Gasteiger charge is -2.08. The minimum absolute atomic E-state index is 0.0716. The van der Waals surface area contributed by atoms with E-state index in [2.05, 4.69) is 10.3 Å². The van der Waals surface area contributed by atoms with E-state index in [1.807, 2.05) is 68.4 Å². The van der Waals surface area contributed by atoms with E-state index in [1.165, 1.54) is 16.9 Å². The van der Waals surface area contributed by atoms with Crippen LogP contribution in [0.4, 0.5) is 0 Å². The van der Waals surface area contributed by atoms with Gasteiger partial charge in [-0.15, -0.1) is 11.3 Å². The number of rotatable bonds is 4. The summed E-state index contributed by atoms with van der Waals surface area (Å²) in [5, 5.41) is 3.90. The third-order valence-electron chi connectivity index (χ3n) is 3.69. The zero-order valence-electron chi connectivity index (χ0n) is 13.2. The first-order valence-corrected chi connectivity index (χ1v) is 8.32. The zero-order valence-corrected chi connectivity index (χ0v) is 14.0. The summed E-state index contributed by atoms with van der Waals surface area (Å²) in [5.41, 5.74) is 4.04. The molecular formula is C19H18N2OS. The van der Waals surface area contributed by atoms with Gasteiger partial charge in [0.25, 0.3) is 5.91 Å². The number of carbonyl (C=O) groups excluding carboxylic acids is 1. The van der Waals surface area contributed by atoms with Crippen LogP contribution in [0.25, 0.3) is 11.3 Å². The Morgan fingerprint density at radius 3 is 2.48 bits per heavy atom. The number of amides is 1. The van der Waals surface area contributed by atoms with E-state index in [0.717, 1.165) is 21.8 Å². The molecule has 0 aliphatic rings. The van der Waals surface area contributed by atoms with Crippen molar-refractivity contribution in [3.63, 3.8) is 0 Å². The number of aromatic nitrogens is 1. The Labute approximate surface area is 140 Å². The number of benzene rings is 2. The molecular weight excluding hydrogens is 304 g/mol. The van der Waals surface area contributed by atoms with E-state index in [0.29, 0.717) is 11.4 Å². The van der Waals surface area contributed by atoms with Crippen LogP contribution in [0.5, 0.6) is 0 Å². The van der Waals surface area contributed by atoms with Crippen LogP contribution in [-0.4, -0.2) is 10.9 Å². The number of nitrogens with one attached hydrogen (secondary N) is 1. The predicted molar refractivity (Wildman–Crippen MR) is 94.6 cm³/mol. The van der Waals surface area contributed by atoms with E-state index in [-0.39, 0.29) is 5.91 Å². The van der Waals surface area contributed by atoms with Crippen molar-refractivity contribution in [1.82, 2.24) is 10.3 Å². The van der Waals surface area contributed by atoms with E-state index < -0.39 is 0 Å². The van der Waals surface area contributed by atoms with E-state index in [9.17, 15) is 4.79 Å². The maximum atomic E-state index is 12.6. The van der Waals surface area contributed by atoms with Crippen LogP contribution in [0, 0.1) is 13.8 Å². The van der Waals surface area contributed by atoms with Crippen LogP contribution < -0.4 is 5.32 Å². The second kappa shape index (κ2) is 6.75. The second-order valence-electron chi connectivity index (χ2n) is 5.39. The van der Waals surface area contributed by atoms with Crippen molar-refractivity contribution in [2.45, 2.75) is 20.4 Å². The van der Waals surface area contributed by atoms with Gasteiger partial charge in [-0.2, -0.15) is 0 Å². The first-order valence-electron chi connectivity index (χ1n) is 7.50. The summed E-state index contributed by atoms with van der Waals surface area (Å²) >= 11 is 1.43. The molecule has 0 bridgehead atoms. The zero-order chi connectivity index (χ0) is 16.2. The number of hydrogen-bond donors (Lipinski definition) is 1. The number of hydrogen-bond acceptors (Lipinski definition) is 3. The number of aryl methyl sites for hydroxylation is 2. The fourth-order valence-corrected chi connectivity index (χ4v) is 3.29. The minimum Gasteiger partial charge on any atom is -0.347 e. The van der Waals surface area contributed by atoms with Crippen LogP contribution in [0.2, 0.25) is 0 Å². The van der Waals surface area contributed by atoms with E-state index in [4.69, 9.17) is 0 Å². The van der Waals surface area contributed by atoms with Gasteiger partial charge in [-0.3, -0.25) is 4.79 Å². The second-order valence-corrected chi connectivity index (χ2v) is 6.59. The number of carbonyl (C=O) groups is 1. The van der Waals surface area contributed by atoms with Gasteiger partial charge in [0, 0.05) is 12.1 Å². The summed E-state index contributed by atoms with van der Waals surface area (Å²) in [6.07, 6.45) is 0. The topological polar surface area (TPSA) is 42.0 Å². The van der Waals surface area contributed by atoms with E-state index >= 15 is 0 Å². The lowest BCUT2D eigenvalue weighted by molar-refractivity contribution is 0.0955. The van der Waals surface area contributed by atoms with Gasteiger partial charge in [-0.1, -0.05) is 54.6 Å². The third kappa shape index (κ3) is 3.48. The molecule has 4 heteroatoms. The summed E-state index contributed by atoms with van der Waals surface area (Å²) in [7, 11) is 0. The molecule has 0 aliphatic carbocycles. The van der Waals surface area contributed by atoms with Crippen molar-refractivity contribution in [1.29, 1.82) is 0 Å². The van der Waals surface area contributed by atoms with Gasteiger partial charge in [0.05, 0.1) is 10.7 Å². The predicted octanol–water partition coefficient (Wildman–Crippen LogP) is 4.36. The normalized spacial score (nSPS) is 10.5. The molecule has 0 aliphatic heterocycles. The van der Waals surface area contributed by atoms with Crippen molar-refractivity contribution in [3.05, 3.63) is 75.6 Å². The van der Waals surface area contributed by atoms with Crippen molar-refractivity contribution >= 4 is 17.2 Å². The van der Waals surface area contributed by atoms with Crippen LogP contribution in [0.15, 0.2) is 54.6 Å². The Hall–Kier alpha value is -2.46. The van der Waals surface area contributed by atoms with E-state index in [1.54, 1.807) is 0 Å². The molecule has 3 nitrogen and oxygen atoms in total. The number of nitrogens with zero attached hydrogens (tertiary/aromatic N) is 1. The summed E-state index contributed by atoms with van der Waals surface area (Å²) in [6.45, 7) is 4.50. The van der Waals surface area contributed by atoms with Crippen molar-refractivity contribution in [3.8, 4) is 11.3 Å². The highest BCUT2D eigenvalue weighted by Crippen LogP contribution is 2.27. The highest BCUT2D eigenvalue weighted by molar-refractivity contribution is 7.14. The summed E-state index contributed by atoms with van der Waals surface area (Å²) < 4.78 is 0. The largest absolute Gasteiger partial charge is 0.347 e. The molecule has 0 spiro atoms. The molecule has 116 valence electrons. The first kappa shape index (κ1) is 15.4. The van der Waals surface area contributed by atoms with Gasteiger partial charge in [0.15, 0.2) is 0 Å².